The van der Waals surface area contributed by atoms with Crippen molar-refractivity contribution < 1.29 is 13.2 Å². The van der Waals surface area contributed by atoms with E-state index in [4.69, 9.17) is 0 Å². The zero-order chi connectivity index (χ0) is 24.0. The lowest BCUT2D eigenvalue weighted by Gasteiger charge is -2.32. The summed E-state index contributed by atoms with van der Waals surface area (Å²) in [4.78, 5) is 14.9. The number of piperidine rings is 1. The van der Waals surface area contributed by atoms with Crippen molar-refractivity contribution in [2.24, 2.45) is 5.92 Å². The molecule has 1 unspecified atom stereocenters. The summed E-state index contributed by atoms with van der Waals surface area (Å²) in [6.07, 6.45) is 4.39. The summed E-state index contributed by atoms with van der Waals surface area (Å²) >= 11 is 0. The third-order valence-corrected chi connectivity index (χ3v) is 7.65. The van der Waals surface area contributed by atoms with Gasteiger partial charge in [0.05, 0.1) is 18.0 Å². The van der Waals surface area contributed by atoms with E-state index in [1.807, 2.05) is 32.0 Å². The molecule has 1 fully saturated rings. The molecule has 7 heteroatoms. The number of carbonyl (C=O) groups excluding carboxylic acids is 1. The molecule has 2 aromatic rings. The number of aryl methyl sites for hydroxylation is 1. The summed E-state index contributed by atoms with van der Waals surface area (Å²) in [5, 5.41) is 3.04. The molecule has 1 saturated heterocycles. The second kappa shape index (κ2) is 11.1. The number of sulfonamides is 1. The van der Waals surface area contributed by atoms with Crippen LogP contribution in [-0.4, -0.2) is 40.2 Å². The number of nitrogens with one attached hydrogen (secondary N) is 1. The molecule has 6 nitrogen and oxygen atoms in total. The van der Waals surface area contributed by atoms with Gasteiger partial charge in [-0.05, 0) is 68.4 Å². The first-order valence-corrected chi connectivity index (χ1v) is 13.7. The SMILES string of the molecule is Cc1ccccc1N(CCCC(=O)NC(C)c1ccc(N2CCC(C)CC2)cc1)S(C)(=O)=O. The summed E-state index contributed by atoms with van der Waals surface area (Å²) in [5.74, 6) is 0.729. The molecular formula is C26H37N3O3S. The highest BCUT2D eigenvalue weighted by Crippen LogP contribution is 2.25. The molecule has 1 amide bonds. The molecule has 180 valence electrons. The Morgan fingerprint density at radius 2 is 1.76 bits per heavy atom. The van der Waals surface area contributed by atoms with E-state index in [-0.39, 0.29) is 24.9 Å². The molecule has 1 atom stereocenters. The molecule has 0 radical (unpaired) electrons. The van der Waals surface area contributed by atoms with Gasteiger partial charge < -0.3 is 10.2 Å². The lowest BCUT2D eigenvalue weighted by atomic mass is 9.98. The van der Waals surface area contributed by atoms with Gasteiger partial charge in [0.2, 0.25) is 15.9 Å². The Labute approximate surface area is 199 Å². The highest BCUT2D eigenvalue weighted by atomic mass is 32.2. The number of hydrogen-bond donors (Lipinski definition) is 1. The van der Waals surface area contributed by atoms with Crippen LogP contribution >= 0.6 is 0 Å². The van der Waals surface area contributed by atoms with E-state index < -0.39 is 10.0 Å². The third kappa shape index (κ3) is 6.97. The van der Waals surface area contributed by atoms with Crippen LogP contribution in [0.15, 0.2) is 48.5 Å². The molecule has 1 aliphatic rings. The quantitative estimate of drug-likeness (QED) is 0.578. The van der Waals surface area contributed by atoms with Crippen molar-refractivity contribution in [3.63, 3.8) is 0 Å². The fourth-order valence-corrected chi connectivity index (χ4v) is 5.35. The molecule has 0 spiro atoms. The van der Waals surface area contributed by atoms with Crippen molar-refractivity contribution in [2.45, 2.75) is 52.5 Å². The van der Waals surface area contributed by atoms with Crippen LogP contribution < -0.4 is 14.5 Å². The lowest BCUT2D eigenvalue weighted by molar-refractivity contribution is -0.121. The highest BCUT2D eigenvalue weighted by Gasteiger charge is 2.20. The molecule has 33 heavy (non-hydrogen) atoms. The van der Waals surface area contributed by atoms with Crippen molar-refractivity contribution >= 4 is 27.3 Å². The molecule has 3 rings (SSSR count). The standard InChI is InChI=1S/C26H37N3O3S/c1-20-15-18-28(19-16-20)24-13-11-23(12-14-24)22(3)27-26(30)10-7-17-29(33(4,31)32)25-9-6-5-8-21(25)2/h5-6,8-9,11-14,20,22H,7,10,15-19H2,1-4H3,(H,27,30). The zero-order valence-electron chi connectivity index (χ0n) is 20.3. The molecule has 1 aliphatic heterocycles. The maximum Gasteiger partial charge on any atom is 0.232 e. The van der Waals surface area contributed by atoms with Crippen molar-refractivity contribution in [3.8, 4) is 0 Å². The van der Waals surface area contributed by atoms with E-state index in [1.165, 1.54) is 29.1 Å². The molecule has 2 aromatic carbocycles. The van der Waals surface area contributed by atoms with Crippen LogP contribution in [0.3, 0.4) is 0 Å². The fraction of sp³-hybridized carbons (Fsp3) is 0.500. The van der Waals surface area contributed by atoms with Crippen LogP contribution in [0.5, 0.6) is 0 Å². The van der Waals surface area contributed by atoms with Gasteiger partial charge in [0.1, 0.15) is 0 Å². The largest absolute Gasteiger partial charge is 0.372 e. The monoisotopic (exact) mass is 471 g/mol. The topological polar surface area (TPSA) is 69.7 Å². The van der Waals surface area contributed by atoms with Crippen LogP contribution in [0, 0.1) is 12.8 Å². The molecule has 1 heterocycles. The molecule has 0 bridgehead atoms. The summed E-state index contributed by atoms with van der Waals surface area (Å²) in [5.41, 5.74) is 3.86. The highest BCUT2D eigenvalue weighted by molar-refractivity contribution is 7.92. The lowest BCUT2D eigenvalue weighted by Crippen LogP contribution is -2.33. The predicted octanol–water partition coefficient (Wildman–Crippen LogP) is 4.65. The maximum atomic E-state index is 12.5. The third-order valence-electron chi connectivity index (χ3n) is 6.47. The van der Waals surface area contributed by atoms with E-state index in [0.29, 0.717) is 12.1 Å². The smallest absolute Gasteiger partial charge is 0.232 e. The van der Waals surface area contributed by atoms with Crippen LogP contribution in [0.25, 0.3) is 0 Å². The Morgan fingerprint density at radius 1 is 1.12 bits per heavy atom. The minimum absolute atomic E-state index is 0.0742. The van der Waals surface area contributed by atoms with E-state index in [1.54, 1.807) is 6.07 Å². The second-order valence-corrected chi connectivity index (χ2v) is 11.2. The minimum atomic E-state index is -3.42. The first-order valence-electron chi connectivity index (χ1n) is 11.8. The van der Waals surface area contributed by atoms with Gasteiger partial charge in [0.25, 0.3) is 0 Å². The Bertz CT molecular complexity index is 1030. The number of hydrogen-bond acceptors (Lipinski definition) is 4. The number of nitrogens with zero attached hydrogens (tertiary/aromatic N) is 2. The number of benzene rings is 2. The van der Waals surface area contributed by atoms with Crippen molar-refractivity contribution in [2.75, 3.05) is 35.1 Å². The van der Waals surface area contributed by atoms with Gasteiger partial charge in [-0.25, -0.2) is 8.42 Å². The summed E-state index contributed by atoms with van der Waals surface area (Å²) in [6.45, 7) is 8.64. The fourth-order valence-electron chi connectivity index (χ4n) is 4.33. The van der Waals surface area contributed by atoms with E-state index >= 15 is 0 Å². The Balaban J connectivity index is 1.51. The molecule has 0 aliphatic carbocycles. The van der Waals surface area contributed by atoms with Crippen LogP contribution in [0.2, 0.25) is 0 Å². The zero-order valence-corrected chi connectivity index (χ0v) is 21.1. The van der Waals surface area contributed by atoms with Gasteiger partial charge in [0, 0.05) is 31.7 Å². The number of carbonyl (C=O) groups is 1. The Morgan fingerprint density at radius 3 is 2.36 bits per heavy atom. The first kappa shape index (κ1) is 25.1. The van der Waals surface area contributed by atoms with E-state index in [9.17, 15) is 13.2 Å². The van der Waals surface area contributed by atoms with Crippen molar-refractivity contribution in [1.29, 1.82) is 0 Å². The first-order chi connectivity index (χ1) is 15.6. The minimum Gasteiger partial charge on any atom is -0.372 e. The van der Waals surface area contributed by atoms with E-state index in [0.717, 1.165) is 30.1 Å². The van der Waals surface area contributed by atoms with Crippen LogP contribution in [0.1, 0.15) is 56.7 Å². The Hall–Kier alpha value is -2.54. The average Bonchev–Trinajstić information content (AvgIpc) is 2.77. The molecule has 0 aromatic heterocycles. The molecular weight excluding hydrogens is 434 g/mol. The van der Waals surface area contributed by atoms with Gasteiger partial charge in [-0.15, -0.1) is 0 Å². The second-order valence-electron chi connectivity index (χ2n) is 9.28. The summed E-state index contributed by atoms with van der Waals surface area (Å²) in [7, 11) is -3.42. The maximum absolute atomic E-state index is 12.5. The van der Waals surface area contributed by atoms with Crippen LogP contribution in [0.4, 0.5) is 11.4 Å². The summed E-state index contributed by atoms with van der Waals surface area (Å²) in [6, 6.07) is 15.7. The van der Waals surface area contributed by atoms with Gasteiger partial charge in [-0.2, -0.15) is 0 Å². The summed E-state index contributed by atoms with van der Waals surface area (Å²) < 4.78 is 26.0. The van der Waals surface area contributed by atoms with Crippen molar-refractivity contribution in [1.82, 2.24) is 5.32 Å². The van der Waals surface area contributed by atoms with Crippen LogP contribution in [-0.2, 0) is 14.8 Å². The number of rotatable bonds is 9. The van der Waals surface area contributed by atoms with Crippen molar-refractivity contribution in [3.05, 3.63) is 59.7 Å². The average molecular weight is 472 g/mol. The predicted molar refractivity (Wildman–Crippen MR) is 136 cm³/mol. The number of amides is 1. The van der Waals surface area contributed by atoms with E-state index in [2.05, 4.69) is 41.4 Å². The van der Waals surface area contributed by atoms with Gasteiger partial charge in [-0.3, -0.25) is 9.10 Å². The van der Waals surface area contributed by atoms with Gasteiger partial charge >= 0.3 is 0 Å². The van der Waals surface area contributed by atoms with Gasteiger partial charge in [0.15, 0.2) is 0 Å². The molecule has 1 N–H and O–H groups in total. The normalized spacial score (nSPS) is 15.8. The molecule has 0 saturated carbocycles. The van der Waals surface area contributed by atoms with Gasteiger partial charge in [-0.1, -0.05) is 37.3 Å². The number of anilines is 2. The Kier molecular flexibility index (Phi) is 8.40. The number of para-hydroxylation sites is 1.